The van der Waals surface area contributed by atoms with Crippen molar-refractivity contribution in [1.29, 1.82) is 0 Å². The molecule has 82 valence electrons. The predicted molar refractivity (Wildman–Crippen MR) is 60.5 cm³/mol. The fourth-order valence-corrected chi connectivity index (χ4v) is 1.48. The number of hydrogen-bond acceptors (Lipinski definition) is 3. The summed E-state index contributed by atoms with van der Waals surface area (Å²) in [7, 11) is 0. The zero-order valence-corrected chi connectivity index (χ0v) is 8.67. The highest BCUT2D eigenvalue weighted by Crippen LogP contribution is 2.22. The van der Waals surface area contributed by atoms with Gasteiger partial charge in [-0.25, -0.2) is 0 Å². The summed E-state index contributed by atoms with van der Waals surface area (Å²) in [6.45, 7) is 0. The Labute approximate surface area is 93.1 Å². The van der Waals surface area contributed by atoms with Crippen molar-refractivity contribution in [2.24, 2.45) is 0 Å². The van der Waals surface area contributed by atoms with Crippen molar-refractivity contribution in [1.82, 2.24) is 0 Å². The second-order valence-corrected chi connectivity index (χ2v) is 3.53. The van der Waals surface area contributed by atoms with Crippen LogP contribution in [0.1, 0.15) is 0 Å². The molecule has 0 unspecified atom stereocenters. The highest BCUT2D eigenvalue weighted by Gasteiger charge is 2.01. The number of nitrogens with zero attached hydrogens (tertiary/aromatic N) is 1. The molecule has 2 aromatic rings. The van der Waals surface area contributed by atoms with E-state index in [0.29, 0.717) is 5.69 Å². The molecule has 4 heteroatoms. The van der Waals surface area contributed by atoms with Gasteiger partial charge in [-0.1, -0.05) is 12.1 Å². The Morgan fingerprint density at radius 3 is 1.62 bits per heavy atom. The molecule has 0 aliphatic rings. The number of rotatable bonds is 2. The summed E-state index contributed by atoms with van der Waals surface area (Å²) in [5.74, 6) is 0. The minimum atomic E-state index is 0.100. The summed E-state index contributed by atoms with van der Waals surface area (Å²) < 4.78 is 0. The smallest absolute Gasteiger partial charge is 0.127 e. The van der Waals surface area contributed by atoms with E-state index in [9.17, 15) is 0 Å². The van der Waals surface area contributed by atoms with Gasteiger partial charge in [0.05, 0.1) is 5.69 Å². The Kier molecular flexibility index (Phi) is 2.87. The summed E-state index contributed by atoms with van der Waals surface area (Å²) in [6, 6.07) is 14.8. The third kappa shape index (κ3) is 2.20. The van der Waals surface area contributed by atoms with Crippen molar-refractivity contribution in [3.63, 3.8) is 0 Å². The van der Waals surface area contributed by atoms with Crippen LogP contribution in [0.2, 0.25) is 0 Å². The van der Waals surface area contributed by atoms with Crippen LogP contribution in [-0.2, 0) is 0 Å². The van der Waals surface area contributed by atoms with E-state index in [1.54, 1.807) is 12.1 Å². The van der Waals surface area contributed by atoms with Crippen molar-refractivity contribution in [2.45, 2.75) is 0 Å². The van der Waals surface area contributed by atoms with E-state index in [2.05, 4.69) is 5.73 Å². The minimum absolute atomic E-state index is 0.100. The second-order valence-electron chi connectivity index (χ2n) is 3.53. The molecule has 0 spiro atoms. The first-order chi connectivity index (χ1) is 7.66. The number of benzene rings is 2. The van der Waals surface area contributed by atoms with Gasteiger partial charge in [-0.15, -0.1) is 5.23 Å². The van der Waals surface area contributed by atoms with Gasteiger partial charge in [-0.2, -0.15) is 0 Å². The van der Waals surface area contributed by atoms with E-state index in [1.165, 1.54) is 0 Å². The van der Waals surface area contributed by atoms with Gasteiger partial charge >= 0.3 is 0 Å². The van der Waals surface area contributed by atoms with E-state index in [1.807, 2.05) is 36.4 Å². The monoisotopic (exact) mass is 217 g/mol. The third-order valence-electron chi connectivity index (χ3n) is 2.39. The molecule has 5 N–H and O–H groups in total. The van der Waals surface area contributed by atoms with Crippen molar-refractivity contribution >= 4 is 11.4 Å². The van der Waals surface area contributed by atoms with Crippen LogP contribution in [0.15, 0.2) is 48.5 Å². The zero-order chi connectivity index (χ0) is 11.5. The first-order valence-corrected chi connectivity index (χ1v) is 4.87. The summed E-state index contributed by atoms with van der Waals surface area (Å²) in [5.41, 5.74) is 7.21. The lowest BCUT2D eigenvalue weighted by Crippen LogP contribution is -2.39. The zero-order valence-electron chi connectivity index (χ0n) is 8.67. The molecule has 0 fully saturated rings. The Morgan fingerprint density at radius 1 is 0.750 bits per heavy atom. The van der Waals surface area contributed by atoms with Gasteiger partial charge in [0, 0.05) is 0 Å². The van der Waals surface area contributed by atoms with Gasteiger partial charge in [-0.05, 0) is 47.5 Å². The van der Waals surface area contributed by atoms with Gasteiger partial charge in [0.1, 0.15) is 5.69 Å². The topological polar surface area (TPSA) is 71.3 Å². The van der Waals surface area contributed by atoms with Gasteiger partial charge in [0.15, 0.2) is 0 Å². The summed E-state index contributed by atoms with van der Waals surface area (Å²) in [6.07, 6.45) is 0. The van der Waals surface area contributed by atoms with Gasteiger partial charge in [0.25, 0.3) is 0 Å². The SMILES string of the molecule is [NH3+]c1ccc(-c2ccc(N(O)O)cc2)cc1. The molecule has 4 nitrogen and oxygen atoms in total. The Hall–Kier alpha value is -1.88. The average Bonchev–Trinajstić information content (AvgIpc) is 2.30. The molecule has 0 atom stereocenters. The van der Waals surface area contributed by atoms with E-state index in [0.717, 1.165) is 16.8 Å². The van der Waals surface area contributed by atoms with Gasteiger partial charge in [-0.3, -0.25) is 10.4 Å². The molecule has 0 bridgehead atoms. The molecule has 2 rings (SSSR count). The Morgan fingerprint density at radius 2 is 1.19 bits per heavy atom. The molecular weight excluding hydrogens is 204 g/mol. The number of quaternary nitrogens is 1. The highest BCUT2D eigenvalue weighted by atomic mass is 16.8. The molecule has 0 aromatic heterocycles. The van der Waals surface area contributed by atoms with Crippen LogP contribution >= 0.6 is 0 Å². The second kappa shape index (κ2) is 4.32. The quantitative estimate of drug-likeness (QED) is 0.672. The molecule has 0 aliphatic heterocycles. The Balaban J connectivity index is 2.31. The first-order valence-electron chi connectivity index (χ1n) is 4.87. The maximum Gasteiger partial charge on any atom is 0.127 e. The first kappa shape index (κ1) is 10.6. The maximum atomic E-state index is 8.80. The third-order valence-corrected chi connectivity index (χ3v) is 2.39. The van der Waals surface area contributed by atoms with Gasteiger partial charge < -0.3 is 5.73 Å². The van der Waals surface area contributed by atoms with Crippen LogP contribution in [0.4, 0.5) is 11.4 Å². The average molecular weight is 217 g/mol. The minimum Gasteiger partial charge on any atom is -0.325 e. The molecule has 0 amide bonds. The molecular formula is C12H13N2O2+. The van der Waals surface area contributed by atoms with Crippen LogP contribution in [0.3, 0.4) is 0 Å². The highest BCUT2D eigenvalue weighted by molar-refractivity contribution is 5.66. The molecule has 0 aliphatic carbocycles. The van der Waals surface area contributed by atoms with Gasteiger partial charge in [0.2, 0.25) is 0 Å². The lowest BCUT2D eigenvalue weighted by molar-refractivity contribution is -0.254. The van der Waals surface area contributed by atoms with E-state index in [-0.39, 0.29) is 5.23 Å². The van der Waals surface area contributed by atoms with Crippen molar-refractivity contribution in [2.75, 3.05) is 5.23 Å². The van der Waals surface area contributed by atoms with E-state index < -0.39 is 0 Å². The van der Waals surface area contributed by atoms with E-state index in [4.69, 9.17) is 10.4 Å². The number of hydrogen-bond donors (Lipinski definition) is 3. The molecule has 0 radical (unpaired) electrons. The fraction of sp³-hybridized carbons (Fsp3) is 0. The van der Waals surface area contributed by atoms with Crippen molar-refractivity contribution < 1.29 is 16.1 Å². The number of anilines is 1. The molecule has 0 saturated heterocycles. The normalized spacial score (nSPS) is 10.2. The molecule has 2 aromatic carbocycles. The summed E-state index contributed by atoms with van der Waals surface area (Å²) in [5, 5.41) is 17.7. The van der Waals surface area contributed by atoms with Crippen LogP contribution in [-0.4, -0.2) is 10.4 Å². The molecule has 0 heterocycles. The van der Waals surface area contributed by atoms with Crippen LogP contribution in [0.25, 0.3) is 11.1 Å². The Bertz CT molecular complexity index is 463. The lowest BCUT2D eigenvalue weighted by atomic mass is 10.1. The van der Waals surface area contributed by atoms with Crippen LogP contribution in [0.5, 0.6) is 0 Å². The van der Waals surface area contributed by atoms with Crippen molar-refractivity contribution in [3.8, 4) is 11.1 Å². The molecule has 16 heavy (non-hydrogen) atoms. The maximum absolute atomic E-state index is 8.80. The van der Waals surface area contributed by atoms with Crippen LogP contribution < -0.4 is 11.0 Å². The van der Waals surface area contributed by atoms with Crippen LogP contribution in [0, 0.1) is 0 Å². The summed E-state index contributed by atoms with van der Waals surface area (Å²) in [4.78, 5) is 0. The predicted octanol–water partition coefficient (Wildman–Crippen LogP) is 1.81. The summed E-state index contributed by atoms with van der Waals surface area (Å²) >= 11 is 0. The van der Waals surface area contributed by atoms with E-state index >= 15 is 0 Å². The standard InChI is InChI=1S/C12H12N2O2/c13-11-5-1-9(2-6-11)10-3-7-12(8-4-10)14(15)16/h1-8,15-16H,13H2/p+1. The lowest BCUT2D eigenvalue weighted by Gasteiger charge is -2.08. The fourth-order valence-electron chi connectivity index (χ4n) is 1.48. The van der Waals surface area contributed by atoms with Crippen molar-refractivity contribution in [3.05, 3.63) is 48.5 Å². The molecule has 0 saturated carbocycles. The largest absolute Gasteiger partial charge is 0.325 e.